The summed E-state index contributed by atoms with van der Waals surface area (Å²) < 4.78 is 56.9. The highest BCUT2D eigenvalue weighted by Crippen LogP contribution is 2.37. The zero-order valence-corrected chi connectivity index (χ0v) is 21.4. The van der Waals surface area contributed by atoms with Crippen molar-refractivity contribution in [2.45, 2.75) is 58.7 Å². The Labute approximate surface area is 216 Å². The summed E-state index contributed by atoms with van der Waals surface area (Å²) in [5, 5.41) is 0. The lowest BCUT2D eigenvalue weighted by atomic mass is 10.0. The number of esters is 1. The highest BCUT2D eigenvalue weighted by atomic mass is 19.4. The predicted molar refractivity (Wildman–Crippen MR) is 138 cm³/mol. The number of hydrogen-bond acceptors (Lipinski definition) is 4. The van der Waals surface area contributed by atoms with Gasteiger partial charge in [0.2, 0.25) is 0 Å². The molecule has 0 amide bonds. The van der Waals surface area contributed by atoms with Crippen molar-refractivity contribution < 1.29 is 32.2 Å². The smallest absolute Gasteiger partial charge is 0.416 e. The van der Waals surface area contributed by atoms with E-state index in [1.165, 1.54) is 6.07 Å². The first-order valence-electron chi connectivity index (χ1n) is 12.5. The molecule has 4 nitrogen and oxygen atoms in total. The van der Waals surface area contributed by atoms with E-state index >= 15 is 0 Å². The lowest BCUT2D eigenvalue weighted by molar-refractivity contribution is -0.143. The van der Waals surface area contributed by atoms with Crippen LogP contribution in [0.15, 0.2) is 66.7 Å². The molecule has 0 aliphatic carbocycles. The van der Waals surface area contributed by atoms with Gasteiger partial charge >= 0.3 is 12.1 Å². The van der Waals surface area contributed by atoms with Crippen LogP contribution in [-0.2, 0) is 28.5 Å². The monoisotopic (exact) mass is 514 g/mol. The van der Waals surface area contributed by atoms with Crippen molar-refractivity contribution in [3.05, 3.63) is 83.4 Å². The maximum Gasteiger partial charge on any atom is 0.416 e. The fourth-order valence-corrected chi connectivity index (χ4v) is 4.01. The topological polar surface area (TPSA) is 44.8 Å². The van der Waals surface area contributed by atoms with E-state index in [0.29, 0.717) is 49.4 Å². The van der Waals surface area contributed by atoms with Crippen molar-refractivity contribution in [2.24, 2.45) is 0 Å². The van der Waals surface area contributed by atoms with E-state index in [-0.39, 0.29) is 12.1 Å². The molecule has 37 heavy (non-hydrogen) atoms. The second-order valence-electron chi connectivity index (χ2n) is 8.73. The van der Waals surface area contributed by atoms with Gasteiger partial charge in [-0.3, -0.25) is 4.79 Å². The fraction of sp³-hybridized carbons (Fsp3) is 0.367. The van der Waals surface area contributed by atoms with Gasteiger partial charge in [0.15, 0.2) is 0 Å². The van der Waals surface area contributed by atoms with Crippen molar-refractivity contribution in [2.75, 3.05) is 13.2 Å². The van der Waals surface area contributed by atoms with Gasteiger partial charge in [-0.15, -0.1) is 0 Å². The van der Waals surface area contributed by atoms with Crippen LogP contribution in [0.2, 0.25) is 0 Å². The van der Waals surface area contributed by atoms with Gasteiger partial charge in [-0.05, 0) is 73.7 Å². The minimum Gasteiger partial charge on any atom is -0.493 e. The molecule has 0 fully saturated rings. The number of halogens is 3. The summed E-state index contributed by atoms with van der Waals surface area (Å²) in [5.41, 5.74) is 2.54. The second kappa shape index (κ2) is 13.2. The van der Waals surface area contributed by atoms with Crippen LogP contribution in [0.3, 0.4) is 0 Å². The summed E-state index contributed by atoms with van der Waals surface area (Å²) >= 11 is 0. The average Bonchev–Trinajstić information content (AvgIpc) is 2.88. The van der Waals surface area contributed by atoms with Crippen LogP contribution in [-0.4, -0.2) is 25.3 Å². The second-order valence-corrected chi connectivity index (χ2v) is 8.73. The minimum atomic E-state index is -4.44. The number of ether oxygens (including phenoxy) is 3. The Morgan fingerprint density at radius 2 is 1.70 bits per heavy atom. The van der Waals surface area contributed by atoms with Crippen LogP contribution < -0.4 is 9.47 Å². The summed E-state index contributed by atoms with van der Waals surface area (Å²) in [6.45, 7) is 6.47. The Kier molecular flexibility index (Phi) is 10.0. The third-order valence-corrected chi connectivity index (χ3v) is 5.98. The quantitative estimate of drug-likeness (QED) is 0.233. The summed E-state index contributed by atoms with van der Waals surface area (Å²) in [4.78, 5) is 11.7. The maximum atomic E-state index is 13.3. The molecule has 1 atom stereocenters. The van der Waals surface area contributed by atoms with Gasteiger partial charge in [0.1, 0.15) is 11.5 Å². The normalized spacial score (nSPS) is 12.2. The molecule has 3 aromatic carbocycles. The van der Waals surface area contributed by atoms with Gasteiger partial charge in [0, 0.05) is 18.4 Å². The maximum absolute atomic E-state index is 13.3. The Bertz CT molecular complexity index is 1160. The molecular formula is C30H33F3O4. The molecule has 3 rings (SSSR count). The van der Waals surface area contributed by atoms with E-state index in [1.54, 1.807) is 31.2 Å². The number of benzene rings is 3. The molecule has 0 bridgehead atoms. The number of rotatable bonds is 12. The molecule has 0 saturated heterocycles. The molecule has 0 N–H and O–H groups in total. The van der Waals surface area contributed by atoms with E-state index in [2.05, 4.69) is 6.92 Å². The van der Waals surface area contributed by atoms with Crippen molar-refractivity contribution >= 4 is 5.97 Å². The summed E-state index contributed by atoms with van der Waals surface area (Å²) in [5.74, 6) is 0.914. The Balaban J connectivity index is 1.61. The van der Waals surface area contributed by atoms with Gasteiger partial charge in [-0.25, -0.2) is 0 Å². The molecule has 0 radical (unpaired) electrons. The SMILES string of the molecule is CCOC(=O)CCc1ccc(OCCC(C)Oc2ccc(C(F)(F)F)cc2-c2ccccc2)cc1CC. The van der Waals surface area contributed by atoms with Crippen LogP contribution in [0.4, 0.5) is 13.2 Å². The van der Waals surface area contributed by atoms with E-state index in [1.807, 2.05) is 31.2 Å². The lowest BCUT2D eigenvalue weighted by Gasteiger charge is -2.19. The number of carbonyl (C=O) groups is 1. The first-order chi connectivity index (χ1) is 17.7. The summed E-state index contributed by atoms with van der Waals surface area (Å²) in [7, 11) is 0. The largest absolute Gasteiger partial charge is 0.493 e. The van der Waals surface area contributed by atoms with Crippen LogP contribution in [0, 0.1) is 0 Å². The van der Waals surface area contributed by atoms with E-state index < -0.39 is 11.7 Å². The lowest BCUT2D eigenvalue weighted by Crippen LogP contribution is -2.16. The molecule has 0 saturated carbocycles. The van der Waals surface area contributed by atoms with Crippen molar-refractivity contribution in [1.82, 2.24) is 0 Å². The average molecular weight is 515 g/mol. The molecule has 198 valence electrons. The first kappa shape index (κ1) is 28.1. The molecule has 0 aliphatic heterocycles. The van der Waals surface area contributed by atoms with Gasteiger partial charge < -0.3 is 14.2 Å². The molecule has 0 spiro atoms. The Morgan fingerprint density at radius 3 is 2.38 bits per heavy atom. The van der Waals surface area contributed by atoms with Crippen LogP contribution in [0.1, 0.15) is 50.3 Å². The number of carbonyl (C=O) groups excluding carboxylic acids is 1. The fourth-order valence-electron chi connectivity index (χ4n) is 4.01. The van der Waals surface area contributed by atoms with Gasteiger partial charge in [0.25, 0.3) is 0 Å². The van der Waals surface area contributed by atoms with Crippen LogP contribution in [0.5, 0.6) is 11.5 Å². The van der Waals surface area contributed by atoms with Crippen molar-refractivity contribution in [1.29, 1.82) is 0 Å². The molecule has 0 aliphatic rings. The zero-order chi connectivity index (χ0) is 26.8. The molecule has 0 aromatic heterocycles. The number of hydrogen-bond donors (Lipinski definition) is 0. The first-order valence-corrected chi connectivity index (χ1v) is 12.5. The van der Waals surface area contributed by atoms with E-state index in [9.17, 15) is 18.0 Å². The van der Waals surface area contributed by atoms with Crippen molar-refractivity contribution in [3.63, 3.8) is 0 Å². The standard InChI is InChI=1S/C30H33F3O4/c1-4-22-19-26(14-11-23(22)12-16-29(34)35-5-2)36-18-17-21(3)37-28-15-13-25(30(31,32)33)20-27(28)24-9-7-6-8-10-24/h6-11,13-15,19-21H,4-5,12,16-18H2,1-3H3. The molecule has 3 aromatic rings. The number of aryl methyl sites for hydroxylation is 2. The zero-order valence-electron chi connectivity index (χ0n) is 21.4. The van der Waals surface area contributed by atoms with Crippen molar-refractivity contribution in [3.8, 4) is 22.6 Å². The molecule has 0 heterocycles. The number of alkyl halides is 3. The van der Waals surface area contributed by atoms with Crippen LogP contribution in [0.25, 0.3) is 11.1 Å². The molecule has 7 heteroatoms. The summed E-state index contributed by atoms with van der Waals surface area (Å²) in [6, 6.07) is 18.3. The third kappa shape index (κ3) is 8.27. The third-order valence-electron chi connectivity index (χ3n) is 5.98. The Morgan fingerprint density at radius 1 is 0.946 bits per heavy atom. The highest BCUT2D eigenvalue weighted by molar-refractivity contribution is 5.71. The van der Waals surface area contributed by atoms with Gasteiger partial charge in [0.05, 0.1) is 24.9 Å². The molecule has 1 unspecified atom stereocenters. The Hall–Kier alpha value is -3.48. The van der Waals surface area contributed by atoms with Crippen LogP contribution >= 0.6 is 0 Å². The minimum absolute atomic E-state index is 0.206. The predicted octanol–water partition coefficient (Wildman–Crippen LogP) is 7.67. The summed E-state index contributed by atoms with van der Waals surface area (Å²) in [6.07, 6.45) is -2.41. The van der Waals surface area contributed by atoms with E-state index in [4.69, 9.17) is 14.2 Å². The van der Waals surface area contributed by atoms with Gasteiger partial charge in [-0.1, -0.05) is 43.3 Å². The highest BCUT2D eigenvalue weighted by Gasteiger charge is 2.31. The van der Waals surface area contributed by atoms with E-state index in [0.717, 1.165) is 35.4 Å². The van der Waals surface area contributed by atoms with Gasteiger partial charge in [-0.2, -0.15) is 13.2 Å². The molecular weight excluding hydrogens is 481 g/mol.